The fraction of sp³-hybridized carbons (Fsp3) is 0.417. The Kier molecular flexibility index (Phi) is 8.36. The van der Waals surface area contributed by atoms with E-state index in [9.17, 15) is 4.79 Å². The summed E-state index contributed by atoms with van der Waals surface area (Å²) >= 11 is 11.6. The third-order valence-electron chi connectivity index (χ3n) is 2.30. The molecule has 0 saturated heterocycles. The van der Waals surface area contributed by atoms with E-state index in [1.54, 1.807) is 18.2 Å². The molecule has 1 rings (SSSR count). The van der Waals surface area contributed by atoms with Crippen molar-refractivity contribution in [3.05, 3.63) is 33.8 Å². The normalized spacial score (nSPS) is 11.6. The molecule has 0 bridgehead atoms. The number of hydrogen-bond acceptors (Lipinski definition) is 2. The van der Waals surface area contributed by atoms with Gasteiger partial charge in [0.15, 0.2) is 0 Å². The molecule has 1 atom stereocenters. The van der Waals surface area contributed by atoms with E-state index < -0.39 is 0 Å². The molecule has 0 aliphatic rings. The Morgan fingerprint density at radius 1 is 1.33 bits per heavy atom. The molecule has 0 aliphatic carbocycles. The second-order valence-electron chi connectivity index (χ2n) is 3.80. The molecule has 1 amide bonds. The van der Waals surface area contributed by atoms with Crippen LogP contribution in [0.15, 0.2) is 18.2 Å². The van der Waals surface area contributed by atoms with Crippen LogP contribution >= 0.6 is 35.6 Å². The van der Waals surface area contributed by atoms with Crippen molar-refractivity contribution in [2.24, 2.45) is 0 Å². The van der Waals surface area contributed by atoms with E-state index in [1.165, 1.54) is 0 Å². The Morgan fingerprint density at radius 3 is 2.56 bits per heavy atom. The predicted molar refractivity (Wildman–Crippen MR) is 79.2 cm³/mol. The number of hydrogen-bond donors (Lipinski definition) is 2. The minimum absolute atomic E-state index is 0. The van der Waals surface area contributed by atoms with E-state index in [0.717, 1.165) is 6.54 Å². The van der Waals surface area contributed by atoms with Gasteiger partial charge < -0.3 is 10.6 Å². The lowest BCUT2D eigenvalue weighted by molar-refractivity contribution is 0.0950. The van der Waals surface area contributed by atoms with Gasteiger partial charge in [-0.2, -0.15) is 0 Å². The molecule has 0 aromatic heterocycles. The van der Waals surface area contributed by atoms with Crippen LogP contribution in [0.4, 0.5) is 0 Å². The highest BCUT2D eigenvalue weighted by atomic mass is 35.5. The van der Waals surface area contributed by atoms with E-state index >= 15 is 0 Å². The molecule has 0 aliphatic heterocycles. The Hall–Kier alpha value is -0.480. The average molecular weight is 312 g/mol. The Labute approximate surface area is 124 Å². The summed E-state index contributed by atoms with van der Waals surface area (Å²) in [5, 5.41) is 6.87. The lowest BCUT2D eigenvalue weighted by Crippen LogP contribution is -2.38. The van der Waals surface area contributed by atoms with Crippen LogP contribution < -0.4 is 10.6 Å². The van der Waals surface area contributed by atoms with Crippen LogP contribution in [0, 0.1) is 0 Å². The van der Waals surface area contributed by atoms with Crippen LogP contribution in [0.25, 0.3) is 0 Å². The van der Waals surface area contributed by atoms with Crippen molar-refractivity contribution in [1.82, 2.24) is 10.6 Å². The number of carbonyl (C=O) groups is 1. The zero-order valence-electron chi connectivity index (χ0n) is 10.3. The van der Waals surface area contributed by atoms with Gasteiger partial charge in [-0.15, -0.1) is 12.4 Å². The van der Waals surface area contributed by atoms with Crippen molar-refractivity contribution in [1.29, 1.82) is 0 Å². The third-order valence-corrected chi connectivity index (χ3v) is 3.04. The third kappa shape index (κ3) is 5.44. The summed E-state index contributed by atoms with van der Waals surface area (Å²) in [4.78, 5) is 11.8. The van der Waals surface area contributed by atoms with E-state index in [1.807, 2.05) is 13.8 Å². The van der Waals surface area contributed by atoms with E-state index in [-0.39, 0.29) is 24.4 Å². The van der Waals surface area contributed by atoms with Crippen LogP contribution in [0.3, 0.4) is 0 Å². The van der Waals surface area contributed by atoms with Gasteiger partial charge in [0.1, 0.15) is 0 Å². The molecule has 6 heteroatoms. The van der Waals surface area contributed by atoms with Crippen molar-refractivity contribution in [3.8, 4) is 0 Å². The predicted octanol–water partition coefficient (Wildman–Crippen LogP) is 3.14. The van der Waals surface area contributed by atoms with Crippen molar-refractivity contribution in [2.75, 3.05) is 13.1 Å². The van der Waals surface area contributed by atoms with E-state index in [2.05, 4.69) is 10.6 Å². The summed E-state index contributed by atoms with van der Waals surface area (Å²) in [5.41, 5.74) is 0.517. The zero-order valence-corrected chi connectivity index (χ0v) is 12.6. The summed E-state index contributed by atoms with van der Waals surface area (Å²) in [5.74, 6) is -0.145. The first-order chi connectivity index (χ1) is 8.04. The molecular formula is C12H17Cl3N2O. The van der Waals surface area contributed by atoms with Crippen LogP contribution in [-0.2, 0) is 0 Å². The lowest BCUT2D eigenvalue weighted by atomic mass is 10.2. The summed E-state index contributed by atoms with van der Waals surface area (Å²) in [6, 6.07) is 5.08. The van der Waals surface area contributed by atoms with Gasteiger partial charge in [0.05, 0.1) is 10.0 Å². The van der Waals surface area contributed by atoms with Crippen molar-refractivity contribution >= 4 is 41.5 Å². The Balaban J connectivity index is 0.00000289. The van der Waals surface area contributed by atoms with E-state index in [4.69, 9.17) is 23.2 Å². The minimum atomic E-state index is -0.145. The molecule has 1 aromatic rings. The molecule has 0 unspecified atom stereocenters. The quantitative estimate of drug-likeness (QED) is 0.877. The molecule has 0 saturated carbocycles. The number of benzene rings is 1. The van der Waals surface area contributed by atoms with Crippen LogP contribution in [0.2, 0.25) is 10.0 Å². The number of amides is 1. The SMILES string of the molecule is CCN[C@H](C)CNC(=O)c1ccc(Cl)c(Cl)c1.Cl. The van der Waals surface area contributed by atoms with Crippen LogP contribution in [-0.4, -0.2) is 25.0 Å². The highest BCUT2D eigenvalue weighted by Crippen LogP contribution is 2.22. The molecule has 2 N–H and O–H groups in total. The Bertz CT molecular complexity index is 399. The highest BCUT2D eigenvalue weighted by molar-refractivity contribution is 6.42. The number of rotatable bonds is 5. The molecule has 0 heterocycles. The summed E-state index contributed by atoms with van der Waals surface area (Å²) in [7, 11) is 0. The molecule has 0 fully saturated rings. The van der Waals surface area contributed by atoms with Gasteiger partial charge in [0.25, 0.3) is 5.91 Å². The van der Waals surface area contributed by atoms with Crippen LogP contribution in [0.1, 0.15) is 24.2 Å². The summed E-state index contributed by atoms with van der Waals surface area (Å²) in [6.07, 6.45) is 0. The first kappa shape index (κ1) is 17.5. The number of halogens is 3. The fourth-order valence-corrected chi connectivity index (χ4v) is 1.70. The summed E-state index contributed by atoms with van der Waals surface area (Å²) < 4.78 is 0. The van der Waals surface area contributed by atoms with E-state index in [0.29, 0.717) is 22.2 Å². The molecule has 0 radical (unpaired) electrons. The highest BCUT2D eigenvalue weighted by Gasteiger charge is 2.08. The van der Waals surface area contributed by atoms with Crippen molar-refractivity contribution in [3.63, 3.8) is 0 Å². The maximum Gasteiger partial charge on any atom is 0.251 e. The largest absolute Gasteiger partial charge is 0.350 e. The fourth-order valence-electron chi connectivity index (χ4n) is 1.41. The molecule has 18 heavy (non-hydrogen) atoms. The summed E-state index contributed by atoms with van der Waals surface area (Å²) in [6.45, 7) is 5.49. The first-order valence-electron chi connectivity index (χ1n) is 5.51. The molecule has 3 nitrogen and oxygen atoms in total. The molecule has 102 valence electrons. The standard InChI is InChI=1S/C12H16Cl2N2O.ClH/c1-3-15-8(2)7-16-12(17)9-4-5-10(13)11(14)6-9;/h4-6,8,15H,3,7H2,1-2H3,(H,16,17);1H/t8-;/m1./s1. The lowest BCUT2D eigenvalue weighted by Gasteiger charge is -2.13. The van der Waals surface area contributed by atoms with Gasteiger partial charge in [-0.25, -0.2) is 0 Å². The second kappa shape index (κ2) is 8.59. The van der Waals surface area contributed by atoms with Crippen molar-refractivity contribution < 1.29 is 4.79 Å². The number of nitrogens with one attached hydrogen (secondary N) is 2. The smallest absolute Gasteiger partial charge is 0.251 e. The maximum atomic E-state index is 11.8. The monoisotopic (exact) mass is 310 g/mol. The van der Waals surface area contributed by atoms with Crippen molar-refractivity contribution in [2.45, 2.75) is 19.9 Å². The van der Waals surface area contributed by atoms with Gasteiger partial charge in [0, 0.05) is 18.2 Å². The average Bonchev–Trinajstić information content (AvgIpc) is 2.30. The maximum absolute atomic E-state index is 11.8. The minimum Gasteiger partial charge on any atom is -0.350 e. The molecule has 0 spiro atoms. The first-order valence-corrected chi connectivity index (χ1v) is 6.26. The van der Waals surface area contributed by atoms with Gasteiger partial charge >= 0.3 is 0 Å². The number of likely N-dealkylation sites (N-methyl/N-ethyl adjacent to an activating group) is 1. The van der Waals surface area contributed by atoms with Crippen LogP contribution in [0.5, 0.6) is 0 Å². The number of carbonyl (C=O) groups excluding carboxylic acids is 1. The molecule has 1 aromatic carbocycles. The van der Waals surface area contributed by atoms with Gasteiger partial charge in [-0.1, -0.05) is 30.1 Å². The van der Waals surface area contributed by atoms with Gasteiger partial charge in [-0.3, -0.25) is 4.79 Å². The second-order valence-corrected chi connectivity index (χ2v) is 4.61. The molecular weight excluding hydrogens is 295 g/mol. The van der Waals surface area contributed by atoms with Gasteiger partial charge in [-0.05, 0) is 31.7 Å². The Morgan fingerprint density at radius 2 is 2.00 bits per heavy atom. The zero-order chi connectivity index (χ0) is 12.8. The topological polar surface area (TPSA) is 41.1 Å². The van der Waals surface area contributed by atoms with Gasteiger partial charge in [0.2, 0.25) is 0 Å².